The standard InChI is InChI=1S/C10H14N2O4/c1-6-5-7(12-16-6)8(13)11-10(2,3)9(14)15-4/h5H,1-4H3,(H,11,13). The maximum absolute atomic E-state index is 11.7. The number of carbonyl (C=O) groups is 2. The highest BCUT2D eigenvalue weighted by atomic mass is 16.5. The highest BCUT2D eigenvalue weighted by Crippen LogP contribution is 2.08. The summed E-state index contributed by atoms with van der Waals surface area (Å²) < 4.78 is 9.32. The minimum absolute atomic E-state index is 0.134. The van der Waals surface area contributed by atoms with Gasteiger partial charge in [0, 0.05) is 6.07 Å². The first-order valence-electron chi connectivity index (χ1n) is 4.71. The summed E-state index contributed by atoms with van der Waals surface area (Å²) in [7, 11) is 1.26. The number of carbonyl (C=O) groups excluding carboxylic acids is 2. The second kappa shape index (κ2) is 4.34. The molecule has 0 aliphatic heterocycles. The summed E-state index contributed by atoms with van der Waals surface area (Å²) in [5.41, 5.74) is -0.965. The first kappa shape index (κ1) is 12.2. The number of hydrogen-bond donors (Lipinski definition) is 1. The van der Waals surface area contributed by atoms with Gasteiger partial charge in [-0.2, -0.15) is 0 Å². The topological polar surface area (TPSA) is 81.4 Å². The predicted molar refractivity (Wildman–Crippen MR) is 54.8 cm³/mol. The lowest BCUT2D eigenvalue weighted by Crippen LogP contribution is -2.50. The Morgan fingerprint density at radius 3 is 2.56 bits per heavy atom. The minimum atomic E-state index is -1.10. The molecule has 0 aliphatic carbocycles. The van der Waals surface area contributed by atoms with Crippen molar-refractivity contribution in [1.29, 1.82) is 0 Å². The molecule has 88 valence electrons. The number of ether oxygens (including phenoxy) is 1. The van der Waals surface area contributed by atoms with Gasteiger partial charge in [0.2, 0.25) is 0 Å². The van der Waals surface area contributed by atoms with Crippen LogP contribution in [0.1, 0.15) is 30.1 Å². The first-order valence-corrected chi connectivity index (χ1v) is 4.71. The van der Waals surface area contributed by atoms with Crippen molar-refractivity contribution in [3.05, 3.63) is 17.5 Å². The van der Waals surface area contributed by atoms with Gasteiger partial charge < -0.3 is 14.6 Å². The minimum Gasteiger partial charge on any atom is -0.467 e. The van der Waals surface area contributed by atoms with Crippen molar-refractivity contribution < 1.29 is 18.8 Å². The Morgan fingerprint density at radius 2 is 2.12 bits per heavy atom. The van der Waals surface area contributed by atoms with E-state index in [1.54, 1.807) is 20.8 Å². The summed E-state index contributed by atoms with van der Waals surface area (Å²) >= 11 is 0. The average Bonchev–Trinajstić information content (AvgIpc) is 2.63. The van der Waals surface area contributed by atoms with Gasteiger partial charge in [-0.1, -0.05) is 5.16 Å². The van der Waals surface area contributed by atoms with Crippen molar-refractivity contribution in [3.63, 3.8) is 0 Å². The Kier molecular flexibility index (Phi) is 3.31. The van der Waals surface area contributed by atoms with E-state index in [-0.39, 0.29) is 5.69 Å². The normalized spacial score (nSPS) is 11.0. The first-order chi connectivity index (χ1) is 7.36. The number of methoxy groups -OCH3 is 1. The Morgan fingerprint density at radius 1 is 1.50 bits per heavy atom. The predicted octanol–water partition coefficient (Wildman–Crippen LogP) is 0.664. The van der Waals surface area contributed by atoms with Crippen LogP contribution >= 0.6 is 0 Å². The molecule has 16 heavy (non-hydrogen) atoms. The van der Waals surface area contributed by atoms with E-state index in [4.69, 9.17) is 4.52 Å². The molecule has 0 saturated carbocycles. The number of nitrogens with zero attached hydrogens (tertiary/aromatic N) is 1. The molecule has 0 spiro atoms. The van der Waals surface area contributed by atoms with E-state index < -0.39 is 17.4 Å². The monoisotopic (exact) mass is 226 g/mol. The number of hydrogen-bond acceptors (Lipinski definition) is 5. The van der Waals surface area contributed by atoms with Crippen LogP contribution in [0.4, 0.5) is 0 Å². The van der Waals surface area contributed by atoms with Crippen LogP contribution in [0.5, 0.6) is 0 Å². The third-order valence-electron chi connectivity index (χ3n) is 1.98. The van der Waals surface area contributed by atoms with E-state index in [0.717, 1.165) is 0 Å². The summed E-state index contributed by atoms with van der Waals surface area (Å²) in [5, 5.41) is 6.05. The number of aryl methyl sites for hydroxylation is 1. The summed E-state index contributed by atoms with van der Waals surface area (Å²) in [6, 6.07) is 1.49. The number of aromatic nitrogens is 1. The molecule has 0 unspecified atom stereocenters. The lowest BCUT2D eigenvalue weighted by molar-refractivity contribution is -0.146. The fourth-order valence-electron chi connectivity index (χ4n) is 1.13. The zero-order valence-corrected chi connectivity index (χ0v) is 9.66. The van der Waals surface area contributed by atoms with Gasteiger partial charge in [0.05, 0.1) is 7.11 Å². The fourth-order valence-corrected chi connectivity index (χ4v) is 1.13. The average molecular weight is 226 g/mol. The van der Waals surface area contributed by atoms with Crippen LogP contribution in [0.15, 0.2) is 10.6 Å². The number of amides is 1. The molecule has 1 aromatic heterocycles. The molecule has 0 aliphatic rings. The van der Waals surface area contributed by atoms with Gasteiger partial charge >= 0.3 is 5.97 Å². The molecule has 1 rings (SSSR count). The van der Waals surface area contributed by atoms with Crippen molar-refractivity contribution in [2.24, 2.45) is 0 Å². The van der Waals surface area contributed by atoms with E-state index in [9.17, 15) is 9.59 Å². The van der Waals surface area contributed by atoms with E-state index in [1.165, 1.54) is 13.2 Å². The molecular weight excluding hydrogens is 212 g/mol. The van der Waals surface area contributed by atoms with Gasteiger partial charge in [-0.05, 0) is 20.8 Å². The molecule has 1 amide bonds. The van der Waals surface area contributed by atoms with E-state index >= 15 is 0 Å². The van der Waals surface area contributed by atoms with Crippen molar-refractivity contribution in [2.75, 3.05) is 7.11 Å². The molecule has 0 saturated heterocycles. The molecule has 0 atom stereocenters. The smallest absolute Gasteiger partial charge is 0.330 e. The zero-order valence-electron chi connectivity index (χ0n) is 9.66. The quantitative estimate of drug-likeness (QED) is 0.766. The Balaban J connectivity index is 2.75. The summed E-state index contributed by atoms with van der Waals surface area (Å²) in [6.07, 6.45) is 0. The SMILES string of the molecule is COC(=O)C(C)(C)NC(=O)c1cc(C)on1. The Hall–Kier alpha value is -1.85. The number of esters is 1. The van der Waals surface area contributed by atoms with Crippen LogP contribution in [-0.2, 0) is 9.53 Å². The van der Waals surface area contributed by atoms with Gasteiger partial charge in [-0.25, -0.2) is 4.79 Å². The summed E-state index contributed by atoms with van der Waals surface area (Å²) in [4.78, 5) is 23.0. The van der Waals surface area contributed by atoms with Gasteiger partial charge in [-0.3, -0.25) is 4.79 Å². The van der Waals surface area contributed by atoms with Gasteiger partial charge in [-0.15, -0.1) is 0 Å². The Bertz CT molecular complexity index is 409. The van der Waals surface area contributed by atoms with Crippen LogP contribution < -0.4 is 5.32 Å². The van der Waals surface area contributed by atoms with Crippen molar-refractivity contribution >= 4 is 11.9 Å². The molecular formula is C10H14N2O4. The second-order valence-electron chi connectivity index (χ2n) is 3.89. The van der Waals surface area contributed by atoms with E-state index in [2.05, 4.69) is 15.2 Å². The van der Waals surface area contributed by atoms with E-state index in [0.29, 0.717) is 5.76 Å². The second-order valence-corrected chi connectivity index (χ2v) is 3.89. The fraction of sp³-hybridized carbons (Fsp3) is 0.500. The molecule has 0 fully saturated rings. The van der Waals surface area contributed by atoms with E-state index in [1.807, 2.05) is 0 Å². The molecule has 1 aromatic rings. The molecule has 0 radical (unpaired) electrons. The largest absolute Gasteiger partial charge is 0.467 e. The van der Waals surface area contributed by atoms with Crippen LogP contribution in [-0.4, -0.2) is 29.7 Å². The summed E-state index contributed by atoms with van der Waals surface area (Å²) in [6.45, 7) is 4.77. The highest BCUT2D eigenvalue weighted by molar-refractivity contribution is 5.96. The number of nitrogens with one attached hydrogen (secondary N) is 1. The van der Waals surface area contributed by atoms with Gasteiger partial charge in [0.15, 0.2) is 5.69 Å². The van der Waals surface area contributed by atoms with Gasteiger partial charge in [0.1, 0.15) is 11.3 Å². The molecule has 1 heterocycles. The maximum atomic E-state index is 11.7. The molecule has 6 heteroatoms. The third-order valence-corrected chi connectivity index (χ3v) is 1.98. The third kappa shape index (κ3) is 2.59. The van der Waals surface area contributed by atoms with Crippen LogP contribution in [0.3, 0.4) is 0 Å². The lowest BCUT2D eigenvalue weighted by atomic mass is 10.1. The van der Waals surface area contributed by atoms with Crippen LogP contribution in [0.25, 0.3) is 0 Å². The Labute approximate surface area is 92.9 Å². The summed E-state index contributed by atoms with van der Waals surface area (Å²) in [5.74, 6) is -0.477. The molecule has 0 bridgehead atoms. The molecule has 0 aromatic carbocycles. The highest BCUT2D eigenvalue weighted by Gasteiger charge is 2.31. The van der Waals surface area contributed by atoms with Crippen molar-refractivity contribution in [1.82, 2.24) is 10.5 Å². The maximum Gasteiger partial charge on any atom is 0.330 e. The number of rotatable bonds is 3. The zero-order chi connectivity index (χ0) is 12.3. The van der Waals surface area contributed by atoms with Crippen LogP contribution in [0, 0.1) is 6.92 Å². The lowest BCUT2D eigenvalue weighted by Gasteiger charge is -2.22. The molecule has 6 nitrogen and oxygen atoms in total. The van der Waals surface area contributed by atoms with Crippen molar-refractivity contribution in [2.45, 2.75) is 26.3 Å². The molecule has 1 N–H and O–H groups in total. The van der Waals surface area contributed by atoms with Crippen LogP contribution in [0.2, 0.25) is 0 Å². The van der Waals surface area contributed by atoms with Crippen molar-refractivity contribution in [3.8, 4) is 0 Å². The van der Waals surface area contributed by atoms with Gasteiger partial charge in [0.25, 0.3) is 5.91 Å².